The minimum Gasteiger partial charge on any atom is -0.168 e. The summed E-state index contributed by atoms with van der Waals surface area (Å²) in [6.45, 7) is 1.76. The molecule has 0 bridgehead atoms. The highest BCUT2D eigenvalue weighted by atomic mass is 19.4. The van der Waals surface area contributed by atoms with E-state index in [2.05, 4.69) is 16.3 Å². The van der Waals surface area contributed by atoms with Crippen LogP contribution in [-0.2, 0) is 5.54 Å². The van der Waals surface area contributed by atoms with Gasteiger partial charge in [-0.2, -0.15) is 23.4 Å². The molecule has 5 heteroatoms. The maximum Gasteiger partial charge on any atom is 0.423 e. The Hall–Kier alpha value is -1.65. The fraction of sp³-hybridized carbons (Fsp3) is 0.273. The second-order valence-electron chi connectivity index (χ2n) is 3.56. The Balaban J connectivity index is 2.54. The zero-order chi connectivity index (χ0) is 11.8. The van der Waals surface area contributed by atoms with E-state index in [1.165, 1.54) is 12.1 Å². The van der Waals surface area contributed by atoms with Crippen LogP contribution in [0.2, 0.25) is 0 Å². The molecule has 0 amide bonds. The van der Waals surface area contributed by atoms with Gasteiger partial charge in [0.1, 0.15) is 0 Å². The van der Waals surface area contributed by atoms with Crippen LogP contribution in [0.5, 0.6) is 0 Å². The summed E-state index contributed by atoms with van der Waals surface area (Å²) in [5, 5.41) is 6.62. The van der Waals surface area contributed by atoms with Crippen molar-refractivity contribution >= 4 is 0 Å². The van der Waals surface area contributed by atoms with Crippen molar-refractivity contribution < 1.29 is 13.2 Å². The lowest BCUT2D eigenvalue weighted by Crippen LogP contribution is -2.37. The van der Waals surface area contributed by atoms with Crippen molar-refractivity contribution in [2.24, 2.45) is 10.2 Å². The molecule has 0 saturated carbocycles. The van der Waals surface area contributed by atoms with Crippen molar-refractivity contribution in [1.29, 1.82) is 0 Å². The van der Waals surface area contributed by atoms with Gasteiger partial charge in [0.2, 0.25) is 5.54 Å². The average molecular weight is 225 g/mol. The number of azo groups is 1. The molecule has 2 rings (SSSR count). The number of benzene rings is 1. The smallest absolute Gasteiger partial charge is 0.168 e. The van der Waals surface area contributed by atoms with Crippen LogP contribution in [-0.4, -0.2) is 6.18 Å². The Labute approximate surface area is 90.5 Å². The summed E-state index contributed by atoms with van der Waals surface area (Å²) < 4.78 is 38.9. The van der Waals surface area contributed by atoms with E-state index < -0.39 is 11.7 Å². The van der Waals surface area contributed by atoms with Gasteiger partial charge in [-0.1, -0.05) is 12.1 Å². The third-order valence-electron chi connectivity index (χ3n) is 2.44. The summed E-state index contributed by atoms with van der Waals surface area (Å²) in [6, 6.07) is 7.01. The molecular weight excluding hydrogens is 217 g/mol. The summed E-state index contributed by atoms with van der Waals surface area (Å²) in [6.07, 6.45) is -2.48. The topological polar surface area (TPSA) is 24.7 Å². The fourth-order valence-electron chi connectivity index (χ4n) is 1.51. The summed E-state index contributed by atoms with van der Waals surface area (Å²) >= 11 is 0. The van der Waals surface area contributed by atoms with E-state index in [0.717, 1.165) is 17.8 Å². The molecule has 1 radical (unpaired) electrons. The first kappa shape index (κ1) is 10.9. The Morgan fingerprint density at radius 3 is 2.50 bits per heavy atom. The van der Waals surface area contributed by atoms with Gasteiger partial charge in [0, 0.05) is 6.20 Å². The molecule has 16 heavy (non-hydrogen) atoms. The lowest BCUT2D eigenvalue weighted by atomic mass is 9.90. The molecule has 0 aliphatic carbocycles. The van der Waals surface area contributed by atoms with Gasteiger partial charge in [-0.3, -0.25) is 0 Å². The first-order valence-corrected chi connectivity index (χ1v) is 4.61. The van der Waals surface area contributed by atoms with Gasteiger partial charge >= 0.3 is 6.18 Å². The molecule has 1 aromatic carbocycles. The van der Waals surface area contributed by atoms with Gasteiger partial charge in [-0.25, -0.2) is 0 Å². The Morgan fingerprint density at radius 2 is 2.06 bits per heavy atom. The van der Waals surface area contributed by atoms with Gasteiger partial charge in [0.05, 0.1) is 0 Å². The maximum atomic E-state index is 13.0. The zero-order valence-electron chi connectivity index (χ0n) is 8.42. The highest BCUT2D eigenvalue weighted by molar-refractivity contribution is 5.35. The van der Waals surface area contributed by atoms with E-state index in [-0.39, 0.29) is 5.56 Å². The zero-order valence-corrected chi connectivity index (χ0v) is 8.42. The van der Waals surface area contributed by atoms with Crippen molar-refractivity contribution in [2.45, 2.75) is 18.6 Å². The van der Waals surface area contributed by atoms with Crippen LogP contribution >= 0.6 is 0 Å². The lowest BCUT2D eigenvalue weighted by molar-refractivity contribution is -0.174. The first-order valence-electron chi connectivity index (χ1n) is 4.61. The molecule has 1 unspecified atom stereocenters. The number of hydrogen-bond donors (Lipinski definition) is 0. The van der Waals surface area contributed by atoms with Crippen LogP contribution in [0.15, 0.2) is 40.7 Å². The van der Waals surface area contributed by atoms with E-state index in [9.17, 15) is 13.2 Å². The predicted molar refractivity (Wildman–Crippen MR) is 51.7 cm³/mol. The third-order valence-corrected chi connectivity index (χ3v) is 2.44. The van der Waals surface area contributed by atoms with E-state index in [0.29, 0.717) is 0 Å². The quantitative estimate of drug-likeness (QED) is 0.698. The van der Waals surface area contributed by atoms with Crippen LogP contribution in [0.3, 0.4) is 0 Å². The molecule has 1 aliphatic rings. The third kappa shape index (κ3) is 1.52. The van der Waals surface area contributed by atoms with Crippen molar-refractivity contribution in [3.63, 3.8) is 0 Å². The van der Waals surface area contributed by atoms with Crippen LogP contribution in [0.1, 0.15) is 11.1 Å². The van der Waals surface area contributed by atoms with Gasteiger partial charge in [-0.05, 0) is 36.3 Å². The van der Waals surface area contributed by atoms with Gasteiger partial charge < -0.3 is 0 Å². The predicted octanol–water partition coefficient (Wildman–Crippen LogP) is 3.53. The van der Waals surface area contributed by atoms with Gasteiger partial charge in [0.15, 0.2) is 0 Å². The van der Waals surface area contributed by atoms with E-state index in [1.54, 1.807) is 13.0 Å². The second kappa shape index (κ2) is 3.43. The molecule has 0 fully saturated rings. The minimum absolute atomic E-state index is 0.0306. The molecule has 0 spiro atoms. The molecule has 1 heterocycles. The molecule has 0 aromatic heterocycles. The fourth-order valence-corrected chi connectivity index (χ4v) is 1.51. The largest absolute Gasteiger partial charge is 0.423 e. The molecule has 1 aliphatic heterocycles. The number of alkyl halides is 3. The monoisotopic (exact) mass is 225 g/mol. The molecular formula is C11H8F3N2. The number of hydrogen-bond acceptors (Lipinski definition) is 2. The number of halogens is 3. The second-order valence-corrected chi connectivity index (χ2v) is 3.56. The highest BCUT2D eigenvalue weighted by Crippen LogP contribution is 2.45. The summed E-state index contributed by atoms with van der Waals surface area (Å²) in [5.41, 5.74) is -1.53. The maximum absolute atomic E-state index is 13.0. The van der Waals surface area contributed by atoms with E-state index in [4.69, 9.17) is 0 Å². The van der Waals surface area contributed by atoms with Crippen molar-refractivity contribution in [3.8, 4) is 0 Å². The summed E-state index contributed by atoms with van der Waals surface area (Å²) in [4.78, 5) is 0. The lowest BCUT2D eigenvalue weighted by Gasteiger charge is -2.25. The van der Waals surface area contributed by atoms with Crippen molar-refractivity contribution in [3.05, 3.63) is 47.7 Å². The number of nitrogens with zero attached hydrogens (tertiary/aromatic N) is 2. The normalized spacial score (nSPS) is 24.0. The number of aryl methyl sites for hydroxylation is 1. The molecule has 0 saturated heterocycles. The van der Waals surface area contributed by atoms with E-state index >= 15 is 0 Å². The molecule has 2 nitrogen and oxygen atoms in total. The highest BCUT2D eigenvalue weighted by Gasteiger charge is 2.56. The van der Waals surface area contributed by atoms with E-state index in [1.807, 2.05) is 0 Å². The van der Waals surface area contributed by atoms with Gasteiger partial charge in [0.25, 0.3) is 0 Å². The molecule has 83 valence electrons. The van der Waals surface area contributed by atoms with Gasteiger partial charge in [-0.15, -0.1) is 0 Å². The van der Waals surface area contributed by atoms with Crippen LogP contribution < -0.4 is 0 Å². The average Bonchev–Trinajstić information content (AvgIpc) is 2.68. The Bertz CT molecular complexity index is 431. The minimum atomic E-state index is -4.49. The SMILES string of the molecule is Cc1[c]cc(C2(C(F)(F)F)C=CN=N2)cc1. The van der Waals surface area contributed by atoms with Crippen molar-refractivity contribution in [2.75, 3.05) is 0 Å². The van der Waals surface area contributed by atoms with Crippen molar-refractivity contribution in [1.82, 2.24) is 0 Å². The van der Waals surface area contributed by atoms with Crippen LogP contribution in [0, 0.1) is 13.0 Å². The number of rotatable bonds is 1. The standard InChI is InChI=1S/C11H8F3N2/c1-8-2-4-9(5-3-8)10(11(12,13)14)6-7-15-16-10/h2,4-7H,1H3. The Morgan fingerprint density at radius 1 is 1.31 bits per heavy atom. The molecule has 1 aromatic rings. The summed E-state index contributed by atoms with van der Waals surface area (Å²) in [5.74, 6) is 0. The first-order chi connectivity index (χ1) is 7.46. The van der Waals surface area contributed by atoms with Crippen LogP contribution in [0.25, 0.3) is 0 Å². The summed E-state index contributed by atoms with van der Waals surface area (Å²) in [7, 11) is 0. The van der Waals surface area contributed by atoms with Crippen LogP contribution in [0.4, 0.5) is 13.2 Å². The molecule has 1 atom stereocenters. The molecule has 0 N–H and O–H groups in total. The Kier molecular flexibility index (Phi) is 2.33.